The van der Waals surface area contributed by atoms with Crippen LogP contribution in [-0.4, -0.2) is 28.3 Å². The summed E-state index contributed by atoms with van der Waals surface area (Å²) in [6.45, 7) is 3.41. The predicted molar refractivity (Wildman–Crippen MR) is 64.9 cm³/mol. The number of carbonyl (C=O) groups is 1. The number of nitro benzene ring substituents is 1. The number of hydrogen-bond donors (Lipinski definition) is 0. The lowest BCUT2D eigenvalue weighted by Crippen LogP contribution is -2.37. The molecule has 0 atom stereocenters. The largest absolute Gasteiger partial charge is 0.323 e. The molecule has 0 aliphatic rings. The molecule has 0 unspecified atom stereocenters. The Morgan fingerprint density at radius 1 is 1.50 bits per heavy atom. The Hall–Kier alpha value is -2.42. The number of rotatable bonds is 4. The molecule has 0 N–H and O–H groups in total. The Morgan fingerprint density at radius 2 is 2.11 bits per heavy atom. The zero-order valence-corrected chi connectivity index (χ0v) is 10.2. The molecule has 1 rings (SSSR count). The minimum Gasteiger partial charge on any atom is -0.323 e. The molecule has 0 saturated heterocycles. The summed E-state index contributed by atoms with van der Waals surface area (Å²) in [7, 11) is 0. The number of para-hydroxylation sites is 1. The van der Waals surface area contributed by atoms with E-state index in [1.807, 2.05) is 6.07 Å². The molecule has 94 valence electrons. The van der Waals surface area contributed by atoms with Crippen LogP contribution in [0.2, 0.25) is 0 Å². The van der Waals surface area contributed by atoms with Crippen LogP contribution in [0.1, 0.15) is 24.2 Å². The Bertz CT molecular complexity index is 506. The molecular formula is C12H13N3O3. The Balaban J connectivity index is 3.17. The van der Waals surface area contributed by atoms with Crippen molar-refractivity contribution in [1.82, 2.24) is 4.90 Å². The van der Waals surface area contributed by atoms with Gasteiger partial charge in [0.05, 0.1) is 11.0 Å². The highest BCUT2D eigenvalue weighted by molar-refractivity contribution is 5.98. The number of hydrogen-bond acceptors (Lipinski definition) is 4. The summed E-state index contributed by atoms with van der Waals surface area (Å²) in [5, 5.41) is 19.5. The van der Waals surface area contributed by atoms with Gasteiger partial charge in [0, 0.05) is 12.1 Å². The van der Waals surface area contributed by atoms with E-state index < -0.39 is 10.8 Å². The van der Waals surface area contributed by atoms with Crippen molar-refractivity contribution in [3.05, 3.63) is 39.9 Å². The minimum atomic E-state index is -0.599. The summed E-state index contributed by atoms with van der Waals surface area (Å²) < 4.78 is 0. The Labute approximate surface area is 105 Å². The summed E-state index contributed by atoms with van der Waals surface area (Å²) in [5.41, 5.74) is -0.238. The van der Waals surface area contributed by atoms with Gasteiger partial charge in [0.2, 0.25) is 0 Å². The van der Waals surface area contributed by atoms with Gasteiger partial charge >= 0.3 is 0 Å². The zero-order valence-electron chi connectivity index (χ0n) is 10.2. The van der Waals surface area contributed by atoms with Crippen molar-refractivity contribution < 1.29 is 9.72 Å². The summed E-state index contributed by atoms with van der Waals surface area (Å²) in [6, 6.07) is 7.42. The van der Waals surface area contributed by atoms with E-state index >= 15 is 0 Å². The molecular weight excluding hydrogens is 234 g/mol. The van der Waals surface area contributed by atoms with Gasteiger partial charge < -0.3 is 4.90 Å². The Kier molecular flexibility index (Phi) is 4.38. The van der Waals surface area contributed by atoms with Crippen LogP contribution in [0.15, 0.2) is 24.3 Å². The zero-order chi connectivity index (χ0) is 13.7. The molecule has 0 fully saturated rings. The van der Waals surface area contributed by atoms with Crippen LogP contribution in [0.3, 0.4) is 0 Å². The van der Waals surface area contributed by atoms with Crippen LogP contribution in [0.5, 0.6) is 0 Å². The van der Waals surface area contributed by atoms with Crippen LogP contribution in [0.4, 0.5) is 5.69 Å². The van der Waals surface area contributed by atoms with E-state index in [1.165, 1.54) is 23.1 Å². The molecule has 18 heavy (non-hydrogen) atoms. The molecule has 6 heteroatoms. The predicted octanol–water partition coefficient (Wildman–Crippen LogP) is 1.97. The fourth-order valence-corrected chi connectivity index (χ4v) is 1.53. The highest BCUT2D eigenvalue weighted by atomic mass is 16.6. The van der Waals surface area contributed by atoms with E-state index in [0.29, 0.717) is 0 Å². The van der Waals surface area contributed by atoms with Crippen molar-refractivity contribution >= 4 is 11.6 Å². The normalized spacial score (nSPS) is 9.89. The maximum Gasteiger partial charge on any atom is 0.282 e. The third-order valence-electron chi connectivity index (χ3n) is 2.46. The second-order valence-corrected chi connectivity index (χ2v) is 3.96. The van der Waals surface area contributed by atoms with Gasteiger partial charge in [-0.2, -0.15) is 5.26 Å². The van der Waals surface area contributed by atoms with Gasteiger partial charge in [-0.3, -0.25) is 14.9 Å². The van der Waals surface area contributed by atoms with Gasteiger partial charge in [-0.1, -0.05) is 12.1 Å². The quantitative estimate of drug-likeness (QED) is 0.462. The third-order valence-corrected chi connectivity index (χ3v) is 2.46. The SMILES string of the molecule is CC(C)N(CC#N)C(=O)c1ccccc1[N+](=O)[O-]. The molecule has 0 aliphatic carbocycles. The van der Waals surface area contributed by atoms with Crippen LogP contribution < -0.4 is 0 Å². The first kappa shape index (κ1) is 13.6. The van der Waals surface area contributed by atoms with Crippen molar-refractivity contribution in [3.63, 3.8) is 0 Å². The molecule has 1 aromatic rings. The van der Waals surface area contributed by atoms with E-state index in [-0.39, 0.29) is 23.8 Å². The number of carbonyl (C=O) groups excluding carboxylic acids is 1. The monoisotopic (exact) mass is 247 g/mol. The Morgan fingerprint density at radius 3 is 2.61 bits per heavy atom. The number of nitriles is 1. The molecule has 6 nitrogen and oxygen atoms in total. The summed E-state index contributed by atoms with van der Waals surface area (Å²) in [6.07, 6.45) is 0. The minimum absolute atomic E-state index is 0.00597. The van der Waals surface area contributed by atoms with E-state index in [4.69, 9.17) is 5.26 Å². The van der Waals surface area contributed by atoms with Crippen LogP contribution in [-0.2, 0) is 0 Å². The lowest BCUT2D eigenvalue weighted by Gasteiger charge is -2.23. The maximum absolute atomic E-state index is 12.2. The van der Waals surface area contributed by atoms with Gasteiger partial charge in [-0.25, -0.2) is 0 Å². The van der Waals surface area contributed by atoms with Crippen LogP contribution >= 0.6 is 0 Å². The van der Waals surface area contributed by atoms with Gasteiger partial charge in [-0.15, -0.1) is 0 Å². The van der Waals surface area contributed by atoms with E-state index in [2.05, 4.69) is 0 Å². The van der Waals surface area contributed by atoms with Gasteiger partial charge in [0.1, 0.15) is 12.1 Å². The maximum atomic E-state index is 12.2. The first-order valence-corrected chi connectivity index (χ1v) is 5.40. The second kappa shape index (κ2) is 5.77. The van der Waals surface area contributed by atoms with Crippen molar-refractivity contribution in [2.24, 2.45) is 0 Å². The third kappa shape index (κ3) is 2.83. The standard InChI is InChI=1S/C12H13N3O3/c1-9(2)14(8-7-13)12(16)10-5-3-4-6-11(10)15(17)18/h3-6,9H,8H2,1-2H3. The molecule has 0 radical (unpaired) electrons. The molecule has 1 amide bonds. The fourth-order valence-electron chi connectivity index (χ4n) is 1.53. The fraction of sp³-hybridized carbons (Fsp3) is 0.333. The molecule has 0 heterocycles. The average Bonchev–Trinajstić information content (AvgIpc) is 2.34. The topological polar surface area (TPSA) is 87.2 Å². The summed E-state index contributed by atoms with van der Waals surface area (Å²) in [5.74, 6) is -0.501. The van der Waals surface area contributed by atoms with Gasteiger partial charge in [-0.05, 0) is 19.9 Å². The molecule has 0 aliphatic heterocycles. The number of nitro groups is 1. The highest BCUT2D eigenvalue weighted by Gasteiger charge is 2.25. The number of benzene rings is 1. The van der Waals surface area contributed by atoms with Gasteiger partial charge in [0.15, 0.2) is 0 Å². The van der Waals surface area contributed by atoms with Crippen molar-refractivity contribution in [2.45, 2.75) is 19.9 Å². The summed E-state index contributed by atoms with van der Waals surface area (Å²) in [4.78, 5) is 23.7. The first-order valence-electron chi connectivity index (χ1n) is 5.40. The van der Waals surface area contributed by atoms with Crippen molar-refractivity contribution in [2.75, 3.05) is 6.54 Å². The number of nitrogens with zero attached hydrogens (tertiary/aromatic N) is 3. The van der Waals surface area contributed by atoms with E-state index in [9.17, 15) is 14.9 Å². The lowest BCUT2D eigenvalue weighted by atomic mass is 10.1. The van der Waals surface area contributed by atoms with E-state index in [0.717, 1.165) is 0 Å². The van der Waals surface area contributed by atoms with Crippen molar-refractivity contribution in [3.8, 4) is 6.07 Å². The molecule has 1 aromatic carbocycles. The van der Waals surface area contributed by atoms with Crippen LogP contribution in [0, 0.1) is 21.4 Å². The van der Waals surface area contributed by atoms with Gasteiger partial charge in [0.25, 0.3) is 11.6 Å². The van der Waals surface area contributed by atoms with Crippen molar-refractivity contribution in [1.29, 1.82) is 5.26 Å². The summed E-state index contributed by atoms with van der Waals surface area (Å²) >= 11 is 0. The lowest BCUT2D eigenvalue weighted by molar-refractivity contribution is -0.385. The average molecular weight is 247 g/mol. The smallest absolute Gasteiger partial charge is 0.282 e. The first-order chi connectivity index (χ1) is 8.49. The van der Waals surface area contributed by atoms with E-state index in [1.54, 1.807) is 19.9 Å². The molecule has 0 bridgehead atoms. The molecule has 0 spiro atoms. The van der Waals surface area contributed by atoms with Crippen LogP contribution in [0.25, 0.3) is 0 Å². The molecule has 0 aromatic heterocycles. The molecule has 0 saturated carbocycles. The highest BCUT2D eigenvalue weighted by Crippen LogP contribution is 2.20. The second-order valence-electron chi connectivity index (χ2n) is 3.96. The number of amides is 1.